The second-order valence-electron chi connectivity index (χ2n) is 10.9. The molecule has 0 spiro atoms. The van der Waals surface area contributed by atoms with Crippen LogP contribution in [0.15, 0.2) is 35.3 Å². The Morgan fingerprint density at radius 2 is 1.77 bits per heavy atom. The summed E-state index contributed by atoms with van der Waals surface area (Å²) in [5.74, 6) is 0. The minimum Gasteiger partial charge on any atom is -0.314 e. The number of hydrogen-bond donors (Lipinski definition) is 0. The Morgan fingerprint density at radius 3 is 2.40 bits per heavy atom. The molecule has 3 unspecified atom stereocenters. The maximum atomic E-state index is 12.9. The smallest absolute Gasteiger partial charge is 0.258 e. The predicted octanol–water partition coefficient (Wildman–Crippen LogP) is 6.51. The molecule has 0 amide bonds. The molecule has 6 heteroatoms. The molecule has 1 aromatic carbocycles. The van der Waals surface area contributed by atoms with E-state index in [1.54, 1.807) is 6.07 Å². The highest BCUT2D eigenvalue weighted by atomic mass is 35.6. The molecule has 0 N–H and O–H groups in total. The molecule has 2 bridgehead atoms. The van der Waals surface area contributed by atoms with Crippen molar-refractivity contribution in [1.82, 2.24) is 9.47 Å². The zero-order valence-electron chi connectivity index (χ0n) is 18.6. The van der Waals surface area contributed by atoms with Gasteiger partial charge in [-0.05, 0) is 66.3 Å². The number of pyridine rings is 1. The molecule has 2 aromatic rings. The van der Waals surface area contributed by atoms with Crippen molar-refractivity contribution in [3.05, 3.63) is 45.8 Å². The van der Waals surface area contributed by atoms with Gasteiger partial charge in [0.15, 0.2) is 7.38 Å². The molecule has 3 atom stereocenters. The van der Waals surface area contributed by atoms with Crippen molar-refractivity contribution in [3.63, 3.8) is 0 Å². The van der Waals surface area contributed by atoms with Gasteiger partial charge in [-0.2, -0.15) is 11.1 Å². The van der Waals surface area contributed by atoms with Crippen molar-refractivity contribution in [3.8, 4) is 0 Å². The molecule has 0 saturated carbocycles. The summed E-state index contributed by atoms with van der Waals surface area (Å²) in [6.45, 7) is 11.0. The van der Waals surface area contributed by atoms with E-state index in [2.05, 4.69) is 32.2 Å². The quantitative estimate of drug-likeness (QED) is 0.371. The minimum atomic E-state index is -1.77. The Hall–Kier alpha value is -0.813. The second-order valence-corrected chi connectivity index (χ2v) is 17.6. The molecule has 1 aromatic heterocycles. The van der Waals surface area contributed by atoms with Gasteiger partial charge in [0.2, 0.25) is 0 Å². The zero-order chi connectivity index (χ0) is 21.7. The van der Waals surface area contributed by atoms with Gasteiger partial charge in [0.25, 0.3) is 5.56 Å². The summed E-state index contributed by atoms with van der Waals surface area (Å²) in [6, 6.07) is 10.00. The average molecular weight is 466 g/mol. The number of aromatic nitrogens is 1. The lowest BCUT2D eigenvalue weighted by Crippen LogP contribution is -2.48. The molecule has 2 saturated heterocycles. The van der Waals surface area contributed by atoms with E-state index >= 15 is 0 Å². The monoisotopic (exact) mass is 464 g/mol. The van der Waals surface area contributed by atoms with Crippen molar-refractivity contribution in [2.24, 2.45) is 5.41 Å². The van der Waals surface area contributed by atoms with Crippen LogP contribution in [0, 0.1) is 5.41 Å². The van der Waals surface area contributed by atoms with E-state index in [-0.39, 0.29) is 5.56 Å². The third-order valence-electron chi connectivity index (χ3n) is 7.15. The Kier molecular flexibility index (Phi) is 6.17. The molecule has 3 heterocycles. The predicted molar refractivity (Wildman–Crippen MR) is 131 cm³/mol. The fourth-order valence-corrected chi connectivity index (χ4v) is 11.8. The molecule has 2 fully saturated rings. The van der Waals surface area contributed by atoms with Crippen LogP contribution in [0.5, 0.6) is 0 Å². The van der Waals surface area contributed by atoms with Crippen molar-refractivity contribution in [2.45, 2.75) is 83.2 Å². The van der Waals surface area contributed by atoms with Crippen LogP contribution in [-0.4, -0.2) is 35.5 Å². The fourth-order valence-electron chi connectivity index (χ4n) is 5.96. The molecular formula is C24H34Cl2N2OSi. The SMILES string of the molecule is CC(C)(C)C[Si](C)(Cl)C1CC2CCC(C1)N2CCn1ccc2ccc(Cl)cc2c1=O. The van der Waals surface area contributed by atoms with Gasteiger partial charge in [0.05, 0.1) is 0 Å². The zero-order valence-corrected chi connectivity index (χ0v) is 21.1. The lowest BCUT2D eigenvalue weighted by atomic mass is 10.0. The molecule has 0 radical (unpaired) electrons. The van der Waals surface area contributed by atoms with Crippen molar-refractivity contribution >= 4 is 40.8 Å². The lowest BCUT2D eigenvalue weighted by Gasteiger charge is -2.44. The third-order valence-corrected chi connectivity index (χ3v) is 12.6. The number of fused-ring (bicyclic) bond motifs is 3. The standard InChI is InChI=1S/C24H34Cl2N2OSi/c1-24(2,3)16-30(4,26)21-14-19-7-8-20(15-21)28(19)12-11-27-10-9-17-5-6-18(25)13-22(17)23(27)29/h5-6,9-10,13,19-21H,7-8,11-12,14-16H2,1-4H3. The summed E-state index contributed by atoms with van der Waals surface area (Å²) in [4.78, 5) is 15.6. The number of benzene rings is 1. The largest absolute Gasteiger partial charge is 0.314 e. The first-order valence-electron chi connectivity index (χ1n) is 11.3. The van der Waals surface area contributed by atoms with Gasteiger partial charge in [0.1, 0.15) is 0 Å². The van der Waals surface area contributed by atoms with E-state index in [1.165, 1.54) is 31.7 Å². The first-order valence-corrected chi connectivity index (χ1v) is 15.4. The maximum Gasteiger partial charge on any atom is 0.258 e. The van der Waals surface area contributed by atoms with Crippen LogP contribution in [0.25, 0.3) is 10.8 Å². The molecule has 0 aliphatic carbocycles. The van der Waals surface area contributed by atoms with Crippen LogP contribution in [-0.2, 0) is 6.54 Å². The van der Waals surface area contributed by atoms with E-state index in [9.17, 15) is 4.79 Å². The first kappa shape index (κ1) is 22.4. The molecule has 2 aliphatic heterocycles. The maximum absolute atomic E-state index is 12.9. The van der Waals surface area contributed by atoms with Gasteiger partial charge in [-0.25, -0.2) is 0 Å². The Balaban J connectivity index is 1.45. The molecular weight excluding hydrogens is 431 g/mol. The van der Waals surface area contributed by atoms with Gasteiger partial charge in [0, 0.05) is 41.8 Å². The third kappa shape index (κ3) is 4.67. The van der Waals surface area contributed by atoms with Crippen LogP contribution < -0.4 is 5.56 Å². The normalized spacial score (nSPS) is 26.8. The van der Waals surface area contributed by atoms with E-state index in [1.807, 2.05) is 29.0 Å². The number of hydrogen-bond acceptors (Lipinski definition) is 2. The highest BCUT2D eigenvalue weighted by molar-refractivity contribution is 7.20. The van der Waals surface area contributed by atoms with Gasteiger partial charge < -0.3 is 4.57 Å². The van der Waals surface area contributed by atoms with Crippen LogP contribution in [0.3, 0.4) is 0 Å². The summed E-state index contributed by atoms with van der Waals surface area (Å²) < 4.78 is 1.85. The van der Waals surface area contributed by atoms with E-state index in [4.69, 9.17) is 22.7 Å². The van der Waals surface area contributed by atoms with Gasteiger partial charge >= 0.3 is 0 Å². The number of halogens is 2. The van der Waals surface area contributed by atoms with Crippen LogP contribution >= 0.6 is 22.7 Å². The van der Waals surface area contributed by atoms with Crippen LogP contribution in [0.4, 0.5) is 0 Å². The first-order chi connectivity index (χ1) is 14.0. The van der Waals surface area contributed by atoms with Gasteiger partial charge in [-0.3, -0.25) is 9.69 Å². The summed E-state index contributed by atoms with van der Waals surface area (Å²) in [5.41, 5.74) is 1.07. The molecule has 30 heavy (non-hydrogen) atoms. The number of nitrogens with zero attached hydrogens (tertiary/aromatic N) is 2. The molecule has 4 rings (SSSR count). The number of piperidine rings is 1. The molecule has 164 valence electrons. The van der Waals surface area contributed by atoms with E-state index in [0.29, 0.717) is 33.4 Å². The lowest BCUT2D eigenvalue weighted by molar-refractivity contribution is 0.133. The van der Waals surface area contributed by atoms with Crippen LogP contribution in [0.1, 0.15) is 46.5 Å². The Morgan fingerprint density at radius 1 is 1.10 bits per heavy atom. The summed E-state index contributed by atoms with van der Waals surface area (Å²) >= 11 is 13.3. The highest BCUT2D eigenvalue weighted by Gasteiger charge is 2.48. The molecule has 2 aliphatic rings. The van der Waals surface area contributed by atoms with E-state index < -0.39 is 7.38 Å². The number of rotatable bonds is 5. The van der Waals surface area contributed by atoms with Gasteiger partial charge in [-0.1, -0.05) is 45.0 Å². The highest BCUT2D eigenvalue weighted by Crippen LogP contribution is 2.49. The summed E-state index contributed by atoms with van der Waals surface area (Å²) in [5, 5.41) is 2.27. The average Bonchev–Trinajstić information content (AvgIpc) is 2.87. The van der Waals surface area contributed by atoms with Gasteiger partial charge in [-0.15, -0.1) is 0 Å². The second kappa shape index (κ2) is 8.27. The fraction of sp³-hybridized carbons (Fsp3) is 0.625. The minimum absolute atomic E-state index is 0.0585. The Labute approximate surface area is 191 Å². The van der Waals surface area contributed by atoms with Crippen molar-refractivity contribution in [2.75, 3.05) is 6.54 Å². The van der Waals surface area contributed by atoms with E-state index in [0.717, 1.165) is 18.5 Å². The summed E-state index contributed by atoms with van der Waals surface area (Å²) in [7, 11) is -1.77. The van der Waals surface area contributed by atoms with Crippen molar-refractivity contribution < 1.29 is 0 Å². The molecule has 3 nitrogen and oxygen atoms in total. The Bertz CT molecular complexity index is 967. The van der Waals surface area contributed by atoms with Crippen molar-refractivity contribution in [1.29, 1.82) is 0 Å². The topological polar surface area (TPSA) is 25.2 Å². The van der Waals surface area contributed by atoms with Crippen LogP contribution in [0.2, 0.25) is 23.2 Å². The summed E-state index contributed by atoms with van der Waals surface area (Å²) in [6.07, 6.45) is 6.96.